The number of nitrogens with one attached hydrogen (secondary N) is 1. The molecule has 0 spiro atoms. The second kappa shape index (κ2) is 7.06. The zero-order valence-electron chi connectivity index (χ0n) is 13.9. The highest BCUT2D eigenvalue weighted by Gasteiger charge is 2.11. The van der Waals surface area contributed by atoms with Crippen molar-refractivity contribution >= 4 is 22.8 Å². The molecule has 3 aromatic heterocycles. The molecule has 26 heavy (non-hydrogen) atoms. The highest BCUT2D eigenvalue weighted by atomic mass is 32.2. The molecule has 0 fully saturated rings. The molecule has 3 heterocycles. The predicted molar refractivity (Wildman–Crippen MR) is 97.9 cm³/mol. The number of rotatable bonds is 5. The second-order valence-corrected chi connectivity index (χ2v) is 6.77. The molecule has 4 rings (SSSR count). The Labute approximate surface area is 152 Å². The van der Waals surface area contributed by atoms with Gasteiger partial charge in [0.2, 0.25) is 5.95 Å². The molecule has 0 aliphatic rings. The minimum Gasteiger partial charge on any atom is -0.609 e. The van der Waals surface area contributed by atoms with Gasteiger partial charge in [0, 0.05) is 29.0 Å². The maximum atomic E-state index is 11.5. The Bertz CT molecular complexity index is 1040. The van der Waals surface area contributed by atoms with E-state index < -0.39 is 11.2 Å². The summed E-state index contributed by atoms with van der Waals surface area (Å²) in [5.74, 6) is 0.552. The first kappa shape index (κ1) is 16.4. The average Bonchev–Trinajstić information content (AvgIpc) is 3.16. The van der Waals surface area contributed by atoms with Gasteiger partial charge in [0.15, 0.2) is 5.65 Å². The summed E-state index contributed by atoms with van der Waals surface area (Å²) >= 11 is -1.22. The third-order valence-electron chi connectivity index (χ3n) is 3.71. The number of benzene rings is 1. The van der Waals surface area contributed by atoms with Gasteiger partial charge in [-0.05, 0) is 6.07 Å². The molecule has 8 nitrogen and oxygen atoms in total. The first-order valence-corrected chi connectivity index (χ1v) is 9.42. The van der Waals surface area contributed by atoms with Crippen molar-refractivity contribution in [2.75, 3.05) is 11.6 Å². The van der Waals surface area contributed by atoms with Crippen LogP contribution in [0.25, 0.3) is 16.9 Å². The Morgan fingerprint density at radius 2 is 1.96 bits per heavy atom. The molecule has 0 aliphatic carbocycles. The van der Waals surface area contributed by atoms with Crippen LogP contribution in [0.15, 0.2) is 60.1 Å². The zero-order chi connectivity index (χ0) is 17.9. The smallest absolute Gasteiger partial charge is 0.342 e. The van der Waals surface area contributed by atoms with Gasteiger partial charge in [-0.25, -0.2) is 9.97 Å². The van der Waals surface area contributed by atoms with E-state index in [1.165, 1.54) is 6.33 Å². The monoisotopic (exact) mass is 365 g/mol. The number of aromatic nitrogens is 6. The minimum absolute atomic E-state index is 0.307. The topological polar surface area (TPSA) is 104 Å². The van der Waals surface area contributed by atoms with Gasteiger partial charge < -0.3 is 9.87 Å². The Morgan fingerprint density at radius 1 is 1.12 bits per heavy atom. The van der Waals surface area contributed by atoms with Crippen LogP contribution in [-0.4, -0.2) is 40.4 Å². The lowest BCUT2D eigenvalue weighted by molar-refractivity contribution is 0.591. The molecular weight excluding hydrogens is 350 g/mol. The summed E-state index contributed by atoms with van der Waals surface area (Å²) in [4.78, 5) is 17.2. The highest BCUT2D eigenvalue weighted by molar-refractivity contribution is 7.90. The predicted octanol–water partition coefficient (Wildman–Crippen LogP) is 1.93. The van der Waals surface area contributed by atoms with Crippen LogP contribution in [0.1, 0.15) is 5.69 Å². The van der Waals surface area contributed by atoms with Crippen molar-refractivity contribution in [3.63, 3.8) is 0 Å². The number of nitrogens with zero attached hydrogens (tertiary/aromatic N) is 6. The van der Waals surface area contributed by atoms with E-state index in [2.05, 4.69) is 30.4 Å². The maximum Gasteiger partial charge on any atom is 0.342 e. The summed E-state index contributed by atoms with van der Waals surface area (Å²) in [5.41, 5.74) is 3.20. The Kier molecular flexibility index (Phi) is 4.46. The molecular formula is C17H15N7OS. The maximum absolute atomic E-state index is 11.5. The first-order valence-electron chi connectivity index (χ1n) is 7.86. The molecule has 1 N–H and O–H groups in total. The van der Waals surface area contributed by atoms with Crippen molar-refractivity contribution in [3.05, 3.63) is 60.7 Å². The molecule has 0 amide bonds. The summed E-state index contributed by atoms with van der Waals surface area (Å²) in [6, 6.07) is 13.5. The van der Waals surface area contributed by atoms with Gasteiger partial charge in [-0.3, -0.25) is 0 Å². The van der Waals surface area contributed by atoms with Gasteiger partial charge in [0.05, 0.1) is 17.9 Å². The van der Waals surface area contributed by atoms with Crippen LogP contribution in [0.2, 0.25) is 0 Å². The minimum atomic E-state index is -1.22. The van der Waals surface area contributed by atoms with Crippen LogP contribution in [0, 0.1) is 0 Å². The van der Waals surface area contributed by atoms with Crippen LogP contribution < -0.4 is 5.32 Å². The summed E-state index contributed by atoms with van der Waals surface area (Å²) in [6.45, 7) is 0.396. The van der Waals surface area contributed by atoms with E-state index in [1.54, 1.807) is 23.0 Å². The Hall–Kier alpha value is -3.04. The van der Waals surface area contributed by atoms with Gasteiger partial charge in [-0.1, -0.05) is 30.3 Å². The number of hydrogen-bond donors (Lipinski definition) is 1. The molecule has 0 aliphatic heterocycles. The molecule has 130 valence electrons. The summed E-state index contributed by atoms with van der Waals surface area (Å²) in [5, 5.41) is 7.74. The molecule has 9 heteroatoms. The van der Waals surface area contributed by atoms with E-state index in [9.17, 15) is 4.55 Å². The summed E-state index contributed by atoms with van der Waals surface area (Å²) < 4.78 is 13.2. The Morgan fingerprint density at radius 3 is 2.77 bits per heavy atom. The molecule has 4 aromatic rings. The molecule has 0 radical (unpaired) electrons. The number of hydrogen-bond acceptors (Lipinski definition) is 7. The van der Waals surface area contributed by atoms with Crippen LogP contribution >= 0.6 is 0 Å². The quantitative estimate of drug-likeness (QED) is 0.426. The third-order valence-corrected chi connectivity index (χ3v) is 4.42. The largest absolute Gasteiger partial charge is 0.609 e. The lowest BCUT2D eigenvalue weighted by Crippen LogP contribution is -2.11. The number of anilines is 1. The zero-order valence-corrected chi connectivity index (χ0v) is 14.7. The molecule has 0 saturated carbocycles. The standard InChI is InChI=1S/C17H15N7OS/c1-26(25)17-18-8-7-13(22-17)10-19-16-23-14(12-5-3-2-4-6-12)9-15-20-11-21-24(15)16/h2-9,11H,10H2,1H3,(H,19,23). The van der Waals surface area contributed by atoms with Crippen molar-refractivity contribution in [1.82, 2.24) is 29.5 Å². The molecule has 0 saturated heterocycles. The van der Waals surface area contributed by atoms with Gasteiger partial charge >= 0.3 is 5.16 Å². The van der Waals surface area contributed by atoms with Gasteiger partial charge in [-0.2, -0.15) is 19.6 Å². The SMILES string of the molecule is C[S+]([O-])c1nccc(CNc2nc(-c3ccccc3)cc3ncnn23)n1. The van der Waals surface area contributed by atoms with Crippen LogP contribution in [0.3, 0.4) is 0 Å². The first-order chi connectivity index (χ1) is 12.7. The van der Waals surface area contributed by atoms with E-state index in [0.29, 0.717) is 29.0 Å². The average molecular weight is 365 g/mol. The number of fused-ring (bicyclic) bond motifs is 1. The fourth-order valence-corrected chi connectivity index (χ4v) is 2.94. The van der Waals surface area contributed by atoms with E-state index in [1.807, 2.05) is 36.4 Å². The van der Waals surface area contributed by atoms with Crippen molar-refractivity contribution in [1.29, 1.82) is 0 Å². The van der Waals surface area contributed by atoms with E-state index >= 15 is 0 Å². The molecule has 1 unspecified atom stereocenters. The summed E-state index contributed by atoms with van der Waals surface area (Å²) in [7, 11) is 0. The van der Waals surface area contributed by atoms with Crippen LogP contribution in [-0.2, 0) is 17.7 Å². The molecule has 1 aromatic carbocycles. The van der Waals surface area contributed by atoms with Gasteiger partial charge in [0.25, 0.3) is 0 Å². The van der Waals surface area contributed by atoms with Crippen LogP contribution in [0.4, 0.5) is 5.95 Å². The van der Waals surface area contributed by atoms with Crippen molar-refractivity contribution in [3.8, 4) is 11.3 Å². The highest BCUT2D eigenvalue weighted by Crippen LogP contribution is 2.20. The lowest BCUT2D eigenvalue weighted by Gasteiger charge is -2.10. The van der Waals surface area contributed by atoms with Crippen molar-refractivity contribution < 1.29 is 4.55 Å². The lowest BCUT2D eigenvalue weighted by atomic mass is 10.1. The van der Waals surface area contributed by atoms with E-state index in [-0.39, 0.29) is 0 Å². The van der Waals surface area contributed by atoms with Gasteiger partial charge in [-0.15, -0.1) is 0 Å². The van der Waals surface area contributed by atoms with E-state index in [4.69, 9.17) is 0 Å². The van der Waals surface area contributed by atoms with Crippen LogP contribution in [0.5, 0.6) is 0 Å². The second-order valence-electron chi connectivity index (χ2n) is 5.50. The fourth-order valence-electron chi connectivity index (χ4n) is 2.48. The normalized spacial score (nSPS) is 12.2. The van der Waals surface area contributed by atoms with Gasteiger partial charge in [0.1, 0.15) is 12.6 Å². The molecule has 0 bridgehead atoms. The Balaban J connectivity index is 1.66. The third kappa shape index (κ3) is 3.35. The van der Waals surface area contributed by atoms with E-state index in [0.717, 1.165) is 11.3 Å². The van der Waals surface area contributed by atoms with Crippen molar-refractivity contribution in [2.45, 2.75) is 11.7 Å². The van der Waals surface area contributed by atoms with Crippen molar-refractivity contribution in [2.24, 2.45) is 0 Å². The molecule has 1 atom stereocenters. The fraction of sp³-hybridized carbons (Fsp3) is 0.118. The summed E-state index contributed by atoms with van der Waals surface area (Å²) in [6.07, 6.45) is 4.63.